The van der Waals surface area contributed by atoms with Gasteiger partial charge in [0.1, 0.15) is 0 Å². The van der Waals surface area contributed by atoms with Gasteiger partial charge in [0.25, 0.3) is 0 Å². The molecule has 23 heavy (non-hydrogen) atoms. The third-order valence-electron chi connectivity index (χ3n) is 8.28. The molecule has 1 nitrogen and oxygen atoms in total. The van der Waals surface area contributed by atoms with Crippen LogP contribution in [0.15, 0.2) is 0 Å². The maximum atomic E-state index is 2.70. The molecular weight excluding hydrogens is 278 g/mol. The van der Waals surface area contributed by atoms with E-state index in [1.165, 1.54) is 64.5 Å². The molecule has 3 saturated carbocycles. The number of likely N-dealkylation sites (tertiary alicyclic amines) is 1. The second kappa shape index (κ2) is 5.75. The molecular formula is C22H41N. The van der Waals surface area contributed by atoms with E-state index in [0.29, 0.717) is 16.4 Å². The highest BCUT2D eigenvalue weighted by Gasteiger charge is 2.53. The summed E-state index contributed by atoms with van der Waals surface area (Å²) < 4.78 is 0. The molecule has 1 heteroatoms. The van der Waals surface area contributed by atoms with Crippen molar-refractivity contribution < 1.29 is 0 Å². The van der Waals surface area contributed by atoms with Gasteiger partial charge in [-0.15, -0.1) is 0 Å². The summed E-state index contributed by atoms with van der Waals surface area (Å²) in [5, 5.41) is 0. The van der Waals surface area contributed by atoms with E-state index in [0.717, 1.165) is 11.3 Å². The van der Waals surface area contributed by atoms with Crippen molar-refractivity contribution in [3.63, 3.8) is 0 Å². The maximum absolute atomic E-state index is 2.70. The highest BCUT2D eigenvalue weighted by molar-refractivity contribution is 5.04. The molecule has 1 heterocycles. The Hall–Kier alpha value is -0.0400. The van der Waals surface area contributed by atoms with Gasteiger partial charge in [0.2, 0.25) is 0 Å². The number of fused-ring (bicyclic) bond motifs is 3. The average Bonchev–Trinajstić information content (AvgIpc) is 2.47. The van der Waals surface area contributed by atoms with E-state index >= 15 is 0 Å². The minimum absolute atomic E-state index is 0.366. The summed E-state index contributed by atoms with van der Waals surface area (Å²) in [6.07, 6.45) is 13.6. The van der Waals surface area contributed by atoms with Crippen LogP contribution in [0.4, 0.5) is 0 Å². The van der Waals surface area contributed by atoms with Crippen LogP contribution in [0.3, 0.4) is 0 Å². The molecule has 1 aliphatic heterocycles. The second-order valence-corrected chi connectivity index (χ2v) is 11.3. The van der Waals surface area contributed by atoms with Crippen molar-refractivity contribution in [2.24, 2.45) is 22.2 Å². The number of hydrogen-bond donors (Lipinski definition) is 0. The van der Waals surface area contributed by atoms with Gasteiger partial charge in [-0.1, -0.05) is 20.8 Å². The fourth-order valence-electron chi connectivity index (χ4n) is 6.11. The molecule has 2 bridgehead atoms. The zero-order chi connectivity index (χ0) is 16.9. The van der Waals surface area contributed by atoms with Gasteiger partial charge in [-0.25, -0.2) is 0 Å². The Morgan fingerprint density at radius 3 is 1.65 bits per heavy atom. The third-order valence-corrected chi connectivity index (χ3v) is 8.28. The van der Waals surface area contributed by atoms with Gasteiger partial charge in [0, 0.05) is 5.54 Å². The fourth-order valence-corrected chi connectivity index (χ4v) is 6.11. The van der Waals surface area contributed by atoms with Crippen molar-refractivity contribution in [2.45, 2.75) is 105 Å². The number of hydrogen-bond acceptors (Lipinski definition) is 1. The van der Waals surface area contributed by atoms with Gasteiger partial charge in [0.05, 0.1) is 0 Å². The lowest BCUT2D eigenvalue weighted by molar-refractivity contribution is -0.0883. The number of rotatable bonds is 2. The molecule has 4 aliphatic rings. The van der Waals surface area contributed by atoms with Gasteiger partial charge < -0.3 is 0 Å². The van der Waals surface area contributed by atoms with E-state index in [2.05, 4.69) is 46.4 Å². The molecule has 0 amide bonds. The molecule has 0 atom stereocenters. The topological polar surface area (TPSA) is 3.24 Å². The average molecular weight is 320 g/mol. The van der Waals surface area contributed by atoms with Crippen LogP contribution in [0.25, 0.3) is 0 Å². The van der Waals surface area contributed by atoms with Gasteiger partial charge >= 0.3 is 0 Å². The Morgan fingerprint density at radius 1 is 0.783 bits per heavy atom. The van der Waals surface area contributed by atoms with E-state index in [1.54, 1.807) is 6.42 Å². The first-order chi connectivity index (χ1) is 10.6. The first kappa shape index (κ1) is 17.8. The van der Waals surface area contributed by atoms with Crippen molar-refractivity contribution in [3.8, 4) is 0 Å². The Labute approximate surface area is 145 Å². The number of nitrogens with zero attached hydrogens (tertiary/aromatic N) is 1. The second-order valence-electron chi connectivity index (χ2n) is 11.3. The van der Waals surface area contributed by atoms with Crippen molar-refractivity contribution in [1.82, 2.24) is 4.90 Å². The summed E-state index contributed by atoms with van der Waals surface area (Å²) >= 11 is 0. The van der Waals surface area contributed by atoms with Crippen LogP contribution in [0, 0.1) is 22.2 Å². The van der Waals surface area contributed by atoms with Crippen molar-refractivity contribution in [2.75, 3.05) is 13.1 Å². The van der Waals surface area contributed by atoms with E-state index in [9.17, 15) is 0 Å². The smallest absolute Gasteiger partial charge is 0.0125 e. The summed E-state index contributed by atoms with van der Waals surface area (Å²) in [7, 11) is 0. The van der Waals surface area contributed by atoms with Gasteiger partial charge in [-0.3, -0.25) is 4.90 Å². The van der Waals surface area contributed by atoms with Crippen LogP contribution in [0.2, 0.25) is 0 Å². The quantitative estimate of drug-likeness (QED) is 0.579. The molecule has 0 N–H and O–H groups in total. The summed E-state index contributed by atoms with van der Waals surface area (Å²) in [6.45, 7) is 17.3. The van der Waals surface area contributed by atoms with Crippen LogP contribution in [-0.4, -0.2) is 23.5 Å². The lowest BCUT2D eigenvalue weighted by Gasteiger charge is -2.60. The van der Waals surface area contributed by atoms with E-state index in [1.807, 2.05) is 0 Å². The molecule has 134 valence electrons. The highest BCUT2D eigenvalue weighted by Crippen LogP contribution is 2.65. The van der Waals surface area contributed by atoms with E-state index in [-0.39, 0.29) is 0 Å². The summed E-state index contributed by atoms with van der Waals surface area (Å²) in [5.74, 6) is 1.01. The molecule has 0 aromatic carbocycles. The van der Waals surface area contributed by atoms with Crippen molar-refractivity contribution in [1.29, 1.82) is 0 Å². The third kappa shape index (κ3) is 3.37. The molecule has 0 unspecified atom stereocenters. The standard InChI is InChI=1S/C22H41N/c1-19(2,3)22-12-9-21(10-13-22,11-14-22)17-18-7-15-23(16-8-18)20(4,5)6/h18H,7-17H2,1-6H3. The summed E-state index contributed by atoms with van der Waals surface area (Å²) in [4.78, 5) is 2.70. The zero-order valence-corrected chi connectivity index (χ0v) is 16.8. The summed E-state index contributed by atoms with van der Waals surface area (Å²) in [5.41, 5.74) is 2.29. The normalized spacial score (nSPS) is 37.3. The monoisotopic (exact) mass is 319 g/mol. The molecule has 0 aromatic rings. The van der Waals surface area contributed by atoms with Crippen LogP contribution >= 0.6 is 0 Å². The predicted molar refractivity (Wildman–Crippen MR) is 101 cm³/mol. The summed E-state index contributed by atoms with van der Waals surface area (Å²) in [6, 6.07) is 0. The lowest BCUT2D eigenvalue weighted by atomic mass is 9.46. The minimum Gasteiger partial charge on any atom is -0.298 e. The maximum Gasteiger partial charge on any atom is 0.0125 e. The van der Waals surface area contributed by atoms with E-state index < -0.39 is 0 Å². The van der Waals surface area contributed by atoms with Gasteiger partial charge in [-0.2, -0.15) is 0 Å². The van der Waals surface area contributed by atoms with Crippen LogP contribution in [0.1, 0.15) is 99.3 Å². The van der Waals surface area contributed by atoms with Gasteiger partial charge in [0.15, 0.2) is 0 Å². The van der Waals surface area contributed by atoms with Crippen LogP contribution < -0.4 is 0 Å². The Balaban J connectivity index is 1.55. The van der Waals surface area contributed by atoms with Crippen LogP contribution in [0.5, 0.6) is 0 Å². The Morgan fingerprint density at radius 2 is 1.26 bits per heavy atom. The van der Waals surface area contributed by atoms with Crippen molar-refractivity contribution in [3.05, 3.63) is 0 Å². The van der Waals surface area contributed by atoms with Gasteiger partial charge in [-0.05, 0) is 114 Å². The molecule has 0 aromatic heterocycles. The molecule has 1 saturated heterocycles. The lowest BCUT2D eigenvalue weighted by Crippen LogP contribution is -2.50. The Bertz CT molecular complexity index is 390. The SMILES string of the molecule is CC(C)(C)N1CCC(CC23CCC(C(C)(C)C)(CC2)CC3)CC1. The number of piperidine rings is 1. The van der Waals surface area contributed by atoms with E-state index in [4.69, 9.17) is 0 Å². The predicted octanol–water partition coefficient (Wildman–Crippen LogP) is 6.27. The molecule has 3 aliphatic carbocycles. The van der Waals surface area contributed by atoms with Crippen molar-refractivity contribution >= 4 is 0 Å². The Kier molecular flexibility index (Phi) is 4.44. The largest absolute Gasteiger partial charge is 0.298 e. The van der Waals surface area contributed by atoms with Crippen LogP contribution in [-0.2, 0) is 0 Å². The zero-order valence-electron chi connectivity index (χ0n) is 16.8. The first-order valence-corrected chi connectivity index (χ1v) is 10.3. The molecule has 0 radical (unpaired) electrons. The highest BCUT2D eigenvalue weighted by atomic mass is 15.2. The minimum atomic E-state index is 0.366. The molecule has 4 fully saturated rings. The first-order valence-electron chi connectivity index (χ1n) is 10.3. The molecule has 0 spiro atoms. The molecule has 4 rings (SSSR count). The fraction of sp³-hybridized carbons (Fsp3) is 1.00.